The van der Waals surface area contributed by atoms with E-state index in [0.29, 0.717) is 19.4 Å². The number of carbonyl (C=O) groups excluding carboxylic acids is 2. The SMILES string of the molecule is CC(C)(CNC(=O)OCC1c2ccccc2-c2ccccc21)C(=O)NCCCCC(=O)O. The quantitative estimate of drug-likeness (QED) is 0.488. The number of aliphatic carboxylic acids is 1. The Morgan fingerprint density at radius 3 is 2.12 bits per heavy atom. The third-order valence-corrected chi connectivity index (χ3v) is 5.74. The van der Waals surface area contributed by atoms with Crippen LogP contribution in [-0.4, -0.2) is 42.8 Å². The van der Waals surface area contributed by atoms with Gasteiger partial charge in [0, 0.05) is 25.4 Å². The number of amides is 2. The fraction of sp³-hybridized carbons (Fsp3) is 0.400. The van der Waals surface area contributed by atoms with Crippen molar-refractivity contribution in [1.82, 2.24) is 10.6 Å². The predicted molar refractivity (Wildman–Crippen MR) is 121 cm³/mol. The molecule has 0 saturated carbocycles. The van der Waals surface area contributed by atoms with E-state index in [-0.39, 0.29) is 31.4 Å². The number of rotatable bonds is 10. The molecule has 0 heterocycles. The lowest BCUT2D eigenvalue weighted by Gasteiger charge is -2.24. The molecule has 1 aliphatic carbocycles. The van der Waals surface area contributed by atoms with Crippen LogP contribution in [0.4, 0.5) is 4.79 Å². The molecule has 3 N–H and O–H groups in total. The first-order valence-electron chi connectivity index (χ1n) is 10.9. The van der Waals surface area contributed by atoms with E-state index >= 15 is 0 Å². The van der Waals surface area contributed by atoms with Crippen molar-refractivity contribution in [2.75, 3.05) is 19.7 Å². The summed E-state index contributed by atoms with van der Waals surface area (Å²) in [5.41, 5.74) is 3.79. The van der Waals surface area contributed by atoms with Crippen molar-refractivity contribution >= 4 is 18.0 Å². The first kappa shape index (κ1) is 23.3. The van der Waals surface area contributed by atoms with Gasteiger partial charge in [0.05, 0.1) is 5.41 Å². The highest BCUT2D eigenvalue weighted by molar-refractivity contribution is 5.83. The van der Waals surface area contributed by atoms with Gasteiger partial charge in [-0.1, -0.05) is 48.5 Å². The average molecular weight is 439 g/mol. The summed E-state index contributed by atoms with van der Waals surface area (Å²) in [6.07, 6.45) is 0.624. The molecule has 0 unspecified atom stereocenters. The lowest BCUT2D eigenvalue weighted by atomic mass is 9.92. The van der Waals surface area contributed by atoms with E-state index < -0.39 is 17.5 Å². The number of fused-ring (bicyclic) bond motifs is 3. The van der Waals surface area contributed by atoms with E-state index in [0.717, 1.165) is 11.1 Å². The van der Waals surface area contributed by atoms with E-state index in [9.17, 15) is 14.4 Å². The normalized spacial score (nSPS) is 12.6. The maximum Gasteiger partial charge on any atom is 0.407 e. The number of carbonyl (C=O) groups is 3. The summed E-state index contributed by atoms with van der Waals surface area (Å²) in [5, 5.41) is 14.1. The fourth-order valence-corrected chi connectivity index (χ4v) is 3.87. The van der Waals surface area contributed by atoms with Crippen molar-refractivity contribution < 1.29 is 24.2 Å². The molecule has 3 rings (SSSR count). The smallest absolute Gasteiger partial charge is 0.407 e. The highest BCUT2D eigenvalue weighted by atomic mass is 16.5. The second-order valence-electron chi connectivity index (χ2n) is 8.67. The number of alkyl carbamates (subject to hydrolysis) is 1. The van der Waals surface area contributed by atoms with E-state index in [4.69, 9.17) is 9.84 Å². The van der Waals surface area contributed by atoms with Crippen LogP contribution in [0.25, 0.3) is 11.1 Å². The Labute approximate surface area is 188 Å². The molecular weight excluding hydrogens is 408 g/mol. The summed E-state index contributed by atoms with van der Waals surface area (Å²) < 4.78 is 5.51. The van der Waals surface area contributed by atoms with E-state index in [1.165, 1.54) is 11.1 Å². The van der Waals surface area contributed by atoms with Crippen molar-refractivity contribution in [2.24, 2.45) is 5.41 Å². The standard InChI is InChI=1S/C25H30N2O5/c1-25(2,23(30)26-14-8-7-13-22(28)29)16-27-24(31)32-15-21-19-11-5-3-9-17(19)18-10-4-6-12-20(18)21/h3-6,9-12,21H,7-8,13-16H2,1-2H3,(H,26,30)(H,27,31)(H,28,29). The largest absolute Gasteiger partial charge is 0.481 e. The molecular formula is C25H30N2O5. The summed E-state index contributed by atoms with van der Waals surface area (Å²) in [5.74, 6) is -1.06. The maximum absolute atomic E-state index is 12.4. The number of unbranched alkanes of at least 4 members (excludes halogenated alkanes) is 1. The second kappa shape index (κ2) is 10.3. The molecule has 0 aromatic heterocycles. The molecule has 2 amide bonds. The van der Waals surface area contributed by atoms with E-state index in [1.54, 1.807) is 13.8 Å². The first-order chi connectivity index (χ1) is 15.3. The molecule has 170 valence electrons. The van der Waals surface area contributed by atoms with Gasteiger partial charge in [-0.25, -0.2) is 4.79 Å². The Kier molecular flexibility index (Phi) is 7.51. The van der Waals surface area contributed by atoms with Crippen LogP contribution in [0.5, 0.6) is 0 Å². The van der Waals surface area contributed by atoms with Crippen LogP contribution < -0.4 is 10.6 Å². The second-order valence-corrected chi connectivity index (χ2v) is 8.67. The molecule has 0 bridgehead atoms. The Bertz CT molecular complexity index is 940. The van der Waals surface area contributed by atoms with Gasteiger partial charge in [0.25, 0.3) is 0 Å². The maximum atomic E-state index is 12.4. The number of carboxylic acid groups (broad SMARTS) is 1. The summed E-state index contributed by atoms with van der Waals surface area (Å²) in [7, 11) is 0. The van der Waals surface area contributed by atoms with Gasteiger partial charge in [-0.15, -0.1) is 0 Å². The Morgan fingerprint density at radius 2 is 1.53 bits per heavy atom. The van der Waals surface area contributed by atoms with Gasteiger partial charge >= 0.3 is 12.1 Å². The average Bonchev–Trinajstić information content (AvgIpc) is 3.09. The van der Waals surface area contributed by atoms with Crippen LogP contribution in [0.1, 0.15) is 50.2 Å². The monoisotopic (exact) mass is 438 g/mol. The number of benzene rings is 2. The van der Waals surface area contributed by atoms with Crippen molar-refractivity contribution in [3.8, 4) is 11.1 Å². The molecule has 32 heavy (non-hydrogen) atoms. The van der Waals surface area contributed by atoms with E-state index in [1.807, 2.05) is 24.3 Å². The molecule has 7 heteroatoms. The fourth-order valence-electron chi connectivity index (χ4n) is 3.87. The first-order valence-corrected chi connectivity index (χ1v) is 10.9. The Hall–Kier alpha value is -3.35. The van der Waals surface area contributed by atoms with Gasteiger partial charge in [0.1, 0.15) is 6.61 Å². The number of hydrogen-bond acceptors (Lipinski definition) is 4. The highest BCUT2D eigenvalue weighted by Gasteiger charge is 2.30. The van der Waals surface area contributed by atoms with Gasteiger partial charge in [0.15, 0.2) is 0 Å². The zero-order valence-electron chi connectivity index (χ0n) is 18.5. The molecule has 0 radical (unpaired) electrons. The Balaban J connectivity index is 1.47. The molecule has 0 atom stereocenters. The molecule has 7 nitrogen and oxygen atoms in total. The lowest BCUT2D eigenvalue weighted by Crippen LogP contribution is -2.45. The van der Waals surface area contributed by atoms with Crippen LogP contribution in [0, 0.1) is 5.41 Å². The van der Waals surface area contributed by atoms with Crippen molar-refractivity contribution in [2.45, 2.75) is 39.0 Å². The predicted octanol–water partition coefficient (Wildman–Crippen LogP) is 3.92. The van der Waals surface area contributed by atoms with Crippen LogP contribution in [0.2, 0.25) is 0 Å². The summed E-state index contributed by atoms with van der Waals surface area (Å²) >= 11 is 0. The minimum atomic E-state index is -0.844. The lowest BCUT2D eigenvalue weighted by molar-refractivity contribution is -0.137. The molecule has 2 aromatic rings. The Morgan fingerprint density at radius 1 is 0.938 bits per heavy atom. The number of nitrogens with one attached hydrogen (secondary N) is 2. The molecule has 0 aliphatic heterocycles. The van der Waals surface area contributed by atoms with Crippen molar-refractivity contribution in [1.29, 1.82) is 0 Å². The third-order valence-electron chi connectivity index (χ3n) is 5.74. The van der Waals surface area contributed by atoms with Gasteiger partial charge in [-0.3, -0.25) is 9.59 Å². The van der Waals surface area contributed by atoms with Crippen LogP contribution >= 0.6 is 0 Å². The van der Waals surface area contributed by atoms with Gasteiger partial charge < -0.3 is 20.5 Å². The number of hydrogen-bond donors (Lipinski definition) is 3. The van der Waals surface area contributed by atoms with Gasteiger partial charge in [0.2, 0.25) is 5.91 Å². The zero-order valence-corrected chi connectivity index (χ0v) is 18.5. The van der Waals surface area contributed by atoms with Gasteiger partial charge in [-0.05, 0) is 48.9 Å². The number of carboxylic acids is 1. The highest BCUT2D eigenvalue weighted by Crippen LogP contribution is 2.44. The van der Waals surface area contributed by atoms with Crippen molar-refractivity contribution in [3.63, 3.8) is 0 Å². The summed E-state index contributed by atoms with van der Waals surface area (Å²) in [6.45, 7) is 4.23. The molecule has 0 spiro atoms. The van der Waals surface area contributed by atoms with Crippen LogP contribution in [0.15, 0.2) is 48.5 Å². The summed E-state index contributed by atoms with van der Waals surface area (Å²) in [6, 6.07) is 16.3. The van der Waals surface area contributed by atoms with Gasteiger partial charge in [-0.2, -0.15) is 0 Å². The zero-order chi connectivity index (χ0) is 23.1. The minimum Gasteiger partial charge on any atom is -0.481 e. The minimum absolute atomic E-state index is 0.0183. The molecule has 0 fully saturated rings. The van der Waals surface area contributed by atoms with Crippen molar-refractivity contribution in [3.05, 3.63) is 59.7 Å². The summed E-state index contributed by atoms with van der Waals surface area (Å²) in [4.78, 5) is 35.3. The third kappa shape index (κ3) is 5.66. The molecule has 0 saturated heterocycles. The topological polar surface area (TPSA) is 105 Å². The molecule has 1 aliphatic rings. The molecule has 2 aromatic carbocycles. The van der Waals surface area contributed by atoms with E-state index in [2.05, 4.69) is 34.9 Å². The van der Waals surface area contributed by atoms with Crippen LogP contribution in [0.3, 0.4) is 0 Å². The van der Waals surface area contributed by atoms with Crippen LogP contribution in [-0.2, 0) is 14.3 Å². The number of ether oxygens (including phenoxy) is 1.